The summed E-state index contributed by atoms with van der Waals surface area (Å²) in [4.78, 5) is 17.3. The minimum absolute atomic E-state index is 0.480. The molecule has 35 heavy (non-hydrogen) atoms. The molecule has 8 heteroatoms. The van der Waals surface area contributed by atoms with Crippen molar-refractivity contribution in [2.45, 2.75) is 32.6 Å². The number of benzene rings is 2. The number of nitrogens with zero attached hydrogens (tertiary/aromatic N) is 5. The smallest absolute Gasteiger partial charge is 0.166 e. The Labute approximate surface area is 204 Å². The van der Waals surface area contributed by atoms with E-state index in [1.165, 1.54) is 0 Å². The molecule has 0 atom stereocenters. The van der Waals surface area contributed by atoms with E-state index in [1.807, 2.05) is 42.5 Å². The van der Waals surface area contributed by atoms with Gasteiger partial charge in [0.15, 0.2) is 22.8 Å². The molecule has 2 aliphatic rings. The van der Waals surface area contributed by atoms with Crippen molar-refractivity contribution in [3.05, 3.63) is 66.0 Å². The molecule has 2 aromatic carbocycles. The molecule has 2 aliphatic heterocycles. The van der Waals surface area contributed by atoms with Gasteiger partial charge in [0.1, 0.15) is 23.8 Å². The Kier molecular flexibility index (Phi) is 5.62. The number of hydrogen-bond acceptors (Lipinski definition) is 7. The molecule has 180 valence electrons. The average molecular weight is 472 g/mol. The van der Waals surface area contributed by atoms with E-state index in [-0.39, 0.29) is 0 Å². The van der Waals surface area contributed by atoms with Gasteiger partial charge in [0, 0.05) is 25.2 Å². The van der Waals surface area contributed by atoms with Crippen molar-refractivity contribution in [2.24, 2.45) is 0 Å². The van der Waals surface area contributed by atoms with E-state index in [2.05, 4.69) is 35.4 Å². The molecule has 0 N–H and O–H groups in total. The molecular formula is C27H29N5O3. The summed E-state index contributed by atoms with van der Waals surface area (Å²) in [5.74, 6) is 3.19. The van der Waals surface area contributed by atoms with Gasteiger partial charge in [-0.25, -0.2) is 15.0 Å². The zero-order valence-electron chi connectivity index (χ0n) is 20.1. The molecule has 0 unspecified atom stereocenters. The number of ether oxygens (including phenoxy) is 3. The Morgan fingerprint density at radius 2 is 1.74 bits per heavy atom. The average Bonchev–Trinajstić information content (AvgIpc) is 3.28. The summed E-state index contributed by atoms with van der Waals surface area (Å²) in [6, 6.07) is 18.1. The lowest BCUT2D eigenvalue weighted by Gasteiger charge is -2.30. The van der Waals surface area contributed by atoms with Crippen LogP contribution in [0.3, 0.4) is 0 Å². The fraction of sp³-hybridized carbons (Fsp3) is 0.370. The fourth-order valence-electron chi connectivity index (χ4n) is 4.70. The SMILES string of the molecule is CC1(C)OCCn2c1nc1c(N3CCOCC3)nc(-c3cccc(OCc4ccccc4)c3)nc12. The van der Waals surface area contributed by atoms with Gasteiger partial charge in [-0.2, -0.15) is 0 Å². The van der Waals surface area contributed by atoms with Crippen molar-refractivity contribution in [3.8, 4) is 17.1 Å². The molecule has 0 saturated carbocycles. The zero-order valence-corrected chi connectivity index (χ0v) is 20.1. The summed E-state index contributed by atoms with van der Waals surface area (Å²) in [6.07, 6.45) is 0. The van der Waals surface area contributed by atoms with Crippen LogP contribution in [0.25, 0.3) is 22.6 Å². The highest BCUT2D eigenvalue weighted by atomic mass is 16.5. The fourth-order valence-corrected chi connectivity index (χ4v) is 4.70. The van der Waals surface area contributed by atoms with Crippen LogP contribution in [-0.2, 0) is 28.2 Å². The number of morpholine rings is 1. The maximum absolute atomic E-state index is 6.07. The summed E-state index contributed by atoms with van der Waals surface area (Å²) >= 11 is 0. The molecule has 1 saturated heterocycles. The standard InChI is InChI=1S/C27H29N5O3/c1-27(2)26-28-22-24(31-11-14-33-15-12-31)29-23(30-25(22)32(26)13-16-35-27)20-9-6-10-21(17-20)34-18-19-7-4-3-5-8-19/h3-10,17H,11-16,18H2,1-2H3. The van der Waals surface area contributed by atoms with Gasteiger partial charge in [0.25, 0.3) is 0 Å². The normalized spacial score (nSPS) is 17.4. The highest BCUT2D eigenvalue weighted by molar-refractivity contribution is 5.86. The third-order valence-corrected chi connectivity index (χ3v) is 6.54. The van der Waals surface area contributed by atoms with E-state index >= 15 is 0 Å². The Hall–Kier alpha value is -3.49. The van der Waals surface area contributed by atoms with Gasteiger partial charge in [-0.05, 0) is 31.5 Å². The van der Waals surface area contributed by atoms with Gasteiger partial charge in [-0.3, -0.25) is 0 Å². The van der Waals surface area contributed by atoms with Crippen LogP contribution in [0.15, 0.2) is 54.6 Å². The molecule has 0 radical (unpaired) electrons. The molecule has 0 spiro atoms. The van der Waals surface area contributed by atoms with E-state index in [9.17, 15) is 0 Å². The summed E-state index contributed by atoms with van der Waals surface area (Å²) < 4.78 is 19.9. The lowest BCUT2D eigenvalue weighted by atomic mass is 10.1. The molecule has 4 aromatic rings. The molecule has 1 fully saturated rings. The number of imidazole rings is 1. The van der Waals surface area contributed by atoms with Crippen molar-refractivity contribution in [1.29, 1.82) is 0 Å². The largest absolute Gasteiger partial charge is 0.489 e. The van der Waals surface area contributed by atoms with Crippen LogP contribution >= 0.6 is 0 Å². The van der Waals surface area contributed by atoms with E-state index in [0.717, 1.165) is 52.8 Å². The quantitative estimate of drug-likeness (QED) is 0.432. The van der Waals surface area contributed by atoms with Gasteiger partial charge in [-0.1, -0.05) is 42.5 Å². The monoisotopic (exact) mass is 471 g/mol. The van der Waals surface area contributed by atoms with Gasteiger partial charge >= 0.3 is 0 Å². The van der Waals surface area contributed by atoms with Crippen LogP contribution in [-0.4, -0.2) is 52.4 Å². The van der Waals surface area contributed by atoms with E-state index < -0.39 is 5.60 Å². The summed E-state index contributed by atoms with van der Waals surface area (Å²) in [5.41, 5.74) is 3.22. The number of anilines is 1. The first-order chi connectivity index (χ1) is 17.1. The second-order valence-corrected chi connectivity index (χ2v) is 9.39. The van der Waals surface area contributed by atoms with Crippen LogP contribution < -0.4 is 9.64 Å². The second-order valence-electron chi connectivity index (χ2n) is 9.39. The lowest BCUT2D eigenvalue weighted by molar-refractivity contribution is -0.0530. The van der Waals surface area contributed by atoms with Crippen molar-refractivity contribution >= 4 is 17.0 Å². The number of fused-ring (bicyclic) bond motifs is 3. The lowest BCUT2D eigenvalue weighted by Crippen LogP contribution is -2.37. The van der Waals surface area contributed by atoms with Gasteiger partial charge in [0.05, 0.1) is 19.8 Å². The van der Waals surface area contributed by atoms with Crippen molar-refractivity contribution in [2.75, 3.05) is 37.8 Å². The summed E-state index contributed by atoms with van der Waals surface area (Å²) in [6.45, 7) is 8.85. The molecule has 6 rings (SSSR count). The molecule has 0 bridgehead atoms. The van der Waals surface area contributed by atoms with Crippen LogP contribution in [0.2, 0.25) is 0 Å². The highest BCUT2D eigenvalue weighted by Gasteiger charge is 2.34. The van der Waals surface area contributed by atoms with Crippen molar-refractivity contribution in [1.82, 2.24) is 19.5 Å². The summed E-state index contributed by atoms with van der Waals surface area (Å²) in [7, 11) is 0. The molecule has 2 aromatic heterocycles. The highest BCUT2D eigenvalue weighted by Crippen LogP contribution is 2.35. The minimum Gasteiger partial charge on any atom is -0.489 e. The van der Waals surface area contributed by atoms with Crippen LogP contribution in [0.4, 0.5) is 5.82 Å². The first-order valence-electron chi connectivity index (χ1n) is 12.1. The second kappa shape index (κ2) is 8.94. The number of rotatable bonds is 5. The first-order valence-corrected chi connectivity index (χ1v) is 12.1. The van der Waals surface area contributed by atoms with Crippen LogP contribution in [0.1, 0.15) is 25.2 Å². The van der Waals surface area contributed by atoms with Crippen molar-refractivity contribution < 1.29 is 14.2 Å². The summed E-state index contributed by atoms with van der Waals surface area (Å²) in [5, 5.41) is 0. The van der Waals surface area contributed by atoms with Gasteiger partial charge < -0.3 is 23.7 Å². The molecular weight excluding hydrogens is 442 g/mol. The third-order valence-electron chi connectivity index (χ3n) is 6.54. The predicted molar refractivity (Wildman–Crippen MR) is 134 cm³/mol. The predicted octanol–water partition coefficient (Wildman–Crippen LogP) is 4.17. The Balaban J connectivity index is 1.42. The van der Waals surface area contributed by atoms with Gasteiger partial charge in [-0.15, -0.1) is 0 Å². The zero-order chi connectivity index (χ0) is 23.8. The van der Waals surface area contributed by atoms with Crippen LogP contribution in [0, 0.1) is 0 Å². The Morgan fingerprint density at radius 1 is 0.914 bits per heavy atom. The maximum Gasteiger partial charge on any atom is 0.166 e. The Bertz CT molecular complexity index is 1350. The van der Waals surface area contributed by atoms with E-state index in [1.54, 1.807) is 0 Å². The minimum atomic E-state index is -0.480. The Morgan fingerprint density at radius 3 is 2.57 bits per heavy atom. The molecule has 0 aliphatic carbocycles. The van der Waals surface area contributed by atoms with E-state index in [0.29, 0.717) is 38.8 Å². The van der Waals surface area contributed by atoms with Crippen LogP contribution in [0.5, 0.6) is 5.75 Å². The number of aromatic nitrogens is 4. The third kappa shape index (κ3) is 4.24. The molecule has 0 amide bonds. The van der Waals surface area contributed by atoms with E-state index in [4.69, 9.17) is 29.2 Å². The number of hydrogen-bond donors (Lipinski definition) is 0. The first kappa shape index (κ1) is 22.0. The molecule has 8 nitrogen and oxygen atoms in total. The maximum atomic E-state index is 6.07. The molecule has 4 heterocycles. The van der Waals surface area contributed by atoms with Crippen molar-refractivity contribution in [3.63, 3.8) is 0 Å². The van der Waals surface area contributed by atoms with Gasteiger partial charge in [0.2, 0.25) is 0 Å². The topological polar surface area (TPSA) is 74.5 Å².